The molecule has 0 N–H and O–H groups in total. The van der Waals surface area contributed by atoms with Gasteiger partial charge >= 0.3 is 0 Å². The van der Waals surface area contributed by atoms with Crippen molar-refractivity contribution in [3.05, 3.63) is 30.0 Å². The van der Waals surface area contributed by atoms with Crippen molar-refractivity contribution in [1.82, 2.24) is 4.57 Å². The molecule has 0 saturated heterocycles. The molecule has 0 saturated carbocycles. The first-order chi connectivity index (χ1) is 6.77. The van der Waals surface area contributed by atoms with Gasteiger partial charge in [0.15, 0.2) is 0 Å². The Hall–Kier alpha value is -1.44. The Bertz CT molecular complexity index is 457. The Morgan fingerprint density at radius 1 is 1.29 bits per heavy atom. The molecule has 0 fully saturated rings. The van der Waals surface area contributed by atoms with E-state index < -0.39 is 0 Å². The van der Waals surface area contributed by atoms with Gasteiger partial charge in [-0.05, 0) is 24.1 Å². The van der Waals surface area contributed by atoms with Crippen LogP contribution in [-0.2, 0) is 13.5 Å². The van der Waals surface area contributed by atoms with E-state index in [4.69, 9.17) is 4.74 Å². The van der Waals surface area contributed by atoms with Crippen molar-refractivity contribution in [3.8, 4) is 5.75 Å². The molecular weight excluding hydrogens is 174 g/mol. The van der Waals surface area contributed by atoms with Crippen LogP contribution in [0.1, 0.15) is 12.5 Å². The number of benzene rings is 1. The molecule has 0 radical (unpaired) electrons. The van der Waals surface area contributed by atoms with Gasteiger partial charge in [0.1, 0.15) is 5.75 Å². The monoisotopic (exact) mass is 189 g/mol. The van der Waals surface area contributed by atoms with E-state index in [1.807, 2.05) is 6.07 Å². The molecule has 2 rings (SSSR count). The van der Waals surface area contributed by atoms with Crippen LogP contribution in [0.4, 0.5) is 0 Å². The van der Waals surface area contributed by atoms with Gasteiger partial charge in [0.2, 0.25) is 0 Å². The standard InChI is InChI=1S/C12H15NO/c1-4-9-5-6-11(14-3)10-7-8-13(2)12(9)10/h5-8H,4H2,1-3H3. The highest BCUT2D eigenvalue weighted by Crippen LogP contribution is 2.29. The number of aryl methyl sites for hydroxylation is 2. The van der Waals surface area contributed by atoms with Crippen molar-refractivity contribution in [2.45, 2.75) is 13.3 Å². The second-order valence-electron chi connectivity index (χ2n) is 3.47. The molecule has 1 aromatic heterocycles. The molecule has 2 nitrogen and oxygen atoms in total. The predicted molar refractivity (Wildman–Crippen MR) is 58.8 cm³/mol. The van der Waals surface area contributed by atoms with Crippen LogP contribution < -0.4 is 4.74 Å². The first-order valence-corrected chi connectivity index (χ1v) is 4.88. The Balaban J connectivity index is 2.81. The fraction of sp³-hybridized carbons (Fsp3) is 0.333. The summed E-state index contributed by atoms with van der Waals surface area (Å²) in [5, 5.41) is 1.20. The zero-order valence-electron chi connectivity index (χ0n) is 8.87. The molecule has 0 aliphatic rings. The van der Waals surface area contributed by atoms with E-state index in [1.54, 1.807) is 7.11 Å². The Morgan fingerprint density at radius 2 is 2.07 bits per heavy atom. The molecule has 0 spiro atoms. The molecule has 1 heterocycles. The fourth-order valence-electron chi connectivity index (χ4n) is 1.94. The van der Waals surface area contributed by atoms with E-state index in [0.717, 1.165) is 12.2 Å². The van der Waals surface area contributed by atoms with Crippen LogP contribution in [0.5, 0.6) is 5.75 Å². The second kappa shape index (κ2) is 3.37. The maximum absolute atomic E-state index is 5.33. The number of hydrogen-bond acceptors (Lipinski definition) is 1. The number of ether oxygens (including phenoxy) is 1. The van der Waals surface area contributed by atoms with Crippen molar-refractivity contribution in [3.63, 3.8) is 0 Å². The smallest absolute Gasteiger partial charge is 0.128 e. The Kier molecular flexibility index (Phi) is 2.20. The van der Waals surface area contributed by atoms with Crippen LogP contribution in [0, 0.1) is 0 Å². The highest BCUT2D eigenvalue weighted by atomic mass is 16.5. The van der Waals surface area contributed by atoms with E-state index in [0.29, 0.717) is 0 Å². The normalized spacial score (nSPS) is 10.8. The minimum absolute atomic E-state index is 0.956. The van der Waals surface area contributed by atoms with Crippen molar-refractivity contribution in [2.24, 2.45) is 7.05 Å². The molecule has 0 atom stereocenters. The number of methoxy groups -OCH3 is 1. The molecule has 2 aromatic rings. The minimum Gasteiger partial charge on any atom is -0.496 e. The predicted octanol–water partition coefficient (Wildman–Crippen LogP) is 2.75. The summed E-state index contributed by atoms with van der Waals surface area (Å²) in [6, 6.07) is 6.29. The average Bonchev–Trinajstić information content (AvgIpc) is 2.60. The highest BCUT2D eigenvalue weighted by molar-refractivity contribution is 5.89. The topological polar surface area (TPSA) is 14.2 Å². The van der Waals surface area contributed by atoms with Crippen LogP contribution in [-0.4, -0.2) is 11.7 Å². The van der Waals surface area contributed by atoms with Gasteiger partial charge in [-0.3, -0.25) is 0 Å². The fourth-order valence-corrected chi connectivity index (χ4v) is 1.94. The van der Waals surface area contributed by atoms with Crippen LogP contribution in [0.25, 0.3) is 10.9 Å². The van der Waals surface area contributed by atoms with Gasteiger partial charge in [-0.25, -0.2) is 0 Å². The Morgan fingerprint density at radius 3 is 2.71 bits per heavy atom. The van der Waals surface area contributed by atoms with Gasteiger partial charge in [0.25, 0.3) is 0 Å². The van der Waals surface area contributed by atoms with E-state index in [9.17, 15) is 0 Å². The number of nitrogens with zero attached hydrogens (tertiary/aromatic N) is 1. The number of rotatable bonds is 2. The number of fused-ring (bicyclic) bond motifs is 1. The zero-order valence-corrected chi connectivity index (χ0v) is 8.87. The largest absolute Gasteiger partial charge is 0.496 e. The molecule has 0 amide bonds. The van der Waals surface area contributed by atoms with Crippen LogP contribution in [0.3, 0.4) is 0 Å². The summed E-state index contributed by atoms with van der Waals surface area (Å²) in [6.07, 6.45) is 3.13. The summed E-state index contributed by atoms with van der Waals surface area (Å²) >= 11 is 0. The summed E-state index contributed by atoms with van der Waals surface area (Å²) in [5.74, 6) is 0.956. The van der Waals surface area contributed by atoms with Gasteiger partial charge in [-0.2, -0.15) is 0 Å². The van der Waals surface area contributed by atoms with Gasteiger partial charge in [-0.15, -0.1) is 0 Å². The van der Waals surface area contributed by atoms with Crippen molar-refractivity contribution >= 4 is 10.9 Å². The minimum atomic E-state index is 0.956. The first-order valence-electron chi connectivity index (χ1n) is 4.88. The molecule has 0 bridgehead atoms. The summed E-state index contributed by atoms with van der Waals surface area (Å²) in [7, 11) is 3.79. The lowest BCUT2D eigenvalue weighted by Crippen LogP contribution is -1.92. The third-order valence-corrected chi connectivity index (χ3v) is 2.68. The van der Waals surface area contributed by atoms with E-state index in [-0.39, 0.29) is 0 Å². The van der Waals surface area contributed by atoms with Gasteiger partial charge in [-0.1, -0.05) is 13.0 Å². The number of aromatic nitrogens is 1. The summed E-state index contributed by atoms with van der Waals surface area (Å²) in [6.45, 7) is 2.17. The molecule has 0 aliphatic heterocycles. The van der Waals surface area contributed by atoms with Crippen molar-refractivity contribution in [1.29, 1.82) is 0 Å². The van der Waals surface area contributed by atoms with E-state index >= 15 is 0 Å². The maximum Gasteiger partial charge on any atom is 0.128 e. The molecule has 0 unspecified atom stereocenters. The third-order valence-electron chi connectivity index (χ3n) is 2.68. The maximum atomic E-state index is 5.33. The van der Waals surface area contributed by atoms with Crippen LogP contribution in [0.15, 0.2) is 24.4 Å². The quantitative estimate of drug-likeness (QED) is 0.708. The molecule has 2 heteroatoms. The second-order valence-corrected chi connectivity index (χ2v) is 3.47. The average molecular weight is 189 g/mol. The van der Waals surface area contributed by atoms with E-state index in [2.05, 4.69) is 36.9 Å². The summed E-state index contributed by atoms with van der Waals surface area (Å²) < 4.78 is 7.48. The van der Waals surface area contributed by atoms with Gasteiger partial charge < -0.3 is 9.30 Å². The molecular formula is C12H15NO. The van der Waals surface area contributed by atoms with Crippen molar-refractivity contribution in [2.75, 3.05) is 7.11 Å². The Labute approximate surface area is 84.1 Å². The SMILES string of the molecule is CCc1ccc(OC)c2ccn(C)c12. The van der Waals surface area contributed by atoms with E-state index in [1.165, 1.54) is 16.5 Å². The molecule has 14 heavy (non-hydrogen) atoms. The lowest BCUT2D eigenvalue weighted by atomic mass is 10.1. The molecule has 74 valence electrons. The molecule has 0 aliphatic carbocycles. The lowest BCUT2D eigenvalue weighted by molar-refractivity contribution is 0.419. The van der Waals surface area contributed by atoms with Crippen LogP contribution >= 0.6 is 0 Å². The molecule has 1 aromatic carbocycles. The summed E-state index contributed by atoms with van der Waals surface area (Å²) in [4.78, 5) is 0. The highest BCUT2D eigenvalue weighted by Gasteiger charge is 2.07. The lowest BCUT2D eigenvalue weighted by Gasteiger charge is -2.07. The van der Waals surface area contributed by atoms with Crippen molar-refractivity contribution < 1.29 is 4.74 Å². The van der Waals surface area contributed by atoms with Crippen LogP contribution in [0.2, 0.25) is 0 Å². The third kappa shape index (κ3) is 1.18. The summed E-state index contributed by atoms with van der Waals surface area (Å²) in [5.41, 5.74) is 2.65. The zero-order chi connectivity index (χ0) is 10.1. The van der Waals surface area contributed by atoms with Gasteiger partial charge in [0, 0.05) is 18.6 Å². The number of hydrogen-bond donors (Lipinski definition) is 0. The first kappa shape index (κ1) is 9.13. The van der Waals surface area contributed by atoms with Gasteiger partial charge in [0.05, 0.1) is 12.6 Å².